The van der Waals surface area contributed by atoms with Gasteiger partial charge < -0.3 is 14.6 Å². The first-order valence-electron chi connectivity index (χ1n) is 4.31. The summed E-state index contributed by atoms with van der Waals surface area (Å²) in [7, 11) is 0. The Bertz CT molecular complexity index is 210. The average molecular weight is 200 g/mol. The first-order valence-corrected chi connectivity index (χ1v) is 4.31. The number of hydrogen-bond donors (Lipinski definition) is 1. The van der Waals surface area contributed by atoms with Crippen molar-refractivity contribution in [2.24, 2.45) is 0 Å². The Morgan fingerprint density at radius 3 is 2.79 bits per heavy atom. The second-order valence-corrected chi connectivity index (χ2v) is 2.78. The minimum absolute atomic E-state index is 0.115. The van der Waals surface area contributed by atoms with Gasteiger partial charge in [0.05, 0.1) is 13.2 Å². The van der Waals surface area contributed by atoms with E-state index in [9.17, 15) is 4.79 Å². The molecule has 0 aliphatic carbocycles. The van der Waals surface area contributed by atoms with Crippen molar-refractivity contribution in [2.45, 2.75) is 19.6 Å². The van der Waals surface area contributed by atoms with Gasteiger partial charge in [0.2, 0.25) is 0 Å². The summed E-state index contributed by atoms with van der Waals surface area (Å²) in [6, 6.07) is 0. The molecule has 4 heteroatoms. The molecule has 0 saturated carbocycles. The van der Waals surface area contributed by atoms with Gasteiger partial charge in [-0.2, -0.15) is 0 Å². The van der Waals surface area contributed by atoms with Crippen molar-refractivity contribution in [3.05, 3.63) is 24.8 Å². The maximum Gasteiger partial charge on any atom is 0.333 e. The summed E-state index contributed by atoms with van der Waals surface area (Å²) >= 11 is 0. The number of hydrogen-bond acceptors (Lipinski definition) is 4. The summed E-state index contributed by atoms with van der Waals surface area (Å²) in [5, 5.41) is 9.15. The average Bonchev–Trinajstić information content (AvgIpc) is 2.14. The van der Waals surface area contributed by atoms with Crippen molar-refractivity contribution in [3.8, 4) is 0 Å². The molecule has 0 saturated heterocycles. The fourth-order valence-corrected chi connectivity index (χ4v) is 0.638. The third kappa shape index (κ3) is 6.39. The first-order chi connectivity index (χ1) is 6.57. The van der Waals surface area contributed by atoms with Gasteiger partial charge >= 0.3 is 5.97 Å². The molecule has 0 aliphatic heterocycles. The van der Waals surface area contributed by atoms with Crippen LogP contribution in [0.3, 0.4) is 0 Å². The van der Waals surface area contributed by atoms with Crippen LogP contribution in [0.1, 0.15) is 13.3 Å². The fraction of sp³-hybridized carbons (Fsp3) is 0.500. The monoisotopic (exact) mass is 200 g/mol. The molecule has 0 aromatic heterocycles. The van der Waals surface area contributed by atoms with Gasteiger partial charge in [-0.15, -0.1) is 6.58 Å². The van der Waals surface area contributed by atoms with Gasteiger partial charge in [-0.1, -0.05) is 12.7 Å². The van der Waals surface area contributed by atoms with Gasteiger partial charge in [-0.05, 0) is 6.92 Å². The van der Waals surface area contributed by atoms with Gasteiger partial charge in [0.1, 0.15) is 0 Å². The second-order valence-electron chi connectivity index (χ2n) is 2.78. The lowest BCUT2D eigenvalue weighted by atomic mass is 10.3. The van der Waals surface area contributed by atoms with Crippen molar-refractivity contribution >= 4 is 5.97 Å². The standard InChI is InChI=1S/C10H16O4/c1-4-6-13-9(11)5-7-14-10(12)8(2)3/h4,9,11H,1-2,5-7H2,3H3. The Kier molecular flexibility index (Phi) is 6.70. The molecular formula is C10H16O4. The highest BCUT2D eigenvalue weighted by Gasteiger charge is 2.06. The molecule has 0 heterocycles. The highest BCUT2D eigenvalue weighted by Crippen LogP contribution is 1.98. The van der Waals surface area contributed by atoms with Crippen molar-refractivity contribution < 1.29 is 19.4 Å². The summed E-state index contributed by atoms with van der Waals surface area (Å²) in [5.74, 6) is -0.457. The molecule has 0 aromatic rings. The smallest absolute Gasteiger partial charge is 0.333 e. The largest absolute Gasteiger partial charge is 0.462 e. The summed E-state index contributed by atoms with van der Waals surface area (Å²) in [4.78, 5) is 10.9. The number of esters is 1. The van der Waals surface area contributed by atoms with Gasteiger partial charge in [0.15, 0.2) is 6.29 Å². The van der Waals surface area contributed by atoms with E-state index in [1.165, 1.54) is 6.08 Å². The molecule has 14 heavy (non-hydrogen) atoms. The van der Waals surface area contributed by atoms with Crippen molar-refractivity contribution in [1.82, 2.24) is 0 Å². The Hall–Kier alpha value is -1.13. The Labute approximate surface area is 83.8 Å². The maximum atomic E-state index is 10.9. The van der Waals surface area contributed by atoms with Crippen molar-refractivity contribution in [3.63, 3.8) is 0 Å². The molecule has 1 atom stereocenters. The van der Waals surface area contributed by atoms with E-state index in [0.29, 0.717) is 5.57 Å². The predicted molar refractivity (Wildman–Crippen MR) is 52.5 cm³/mol. The van der Waals surface area contributed by atoms with Crippen LogP contribution >= 0.6 is 0 Å². The zero-order valence-corrected chi connectivity index (χ0v) is 8.36. The lowest BCUT2D eigenvalue weighted by Gasteiger charge is -2.10. The molecule has 1 unspecified atom stereocenters. The van der Waals surface area contributed by atoms with E-state index in [2.05, 4.69) is 13.2 Å². The van der Waals surface area contributed by atoms with E-state index >= 15 is 0 Å². The van der Waals surface area contributed by atoms with Gasteiger partial charge in [0.25, 0.3) is 0 Å². The predicted octanol–water partition coefficient (Wildman–Crippen LogP) is 1.02. The molecule has 0 spiro atoms. The first kappa shape index (κ1) is 12.9. The van der Waals surface area contributed by atoms with E-state index in [1.807, 2.05) is 0 Å². The maximum absolute atomic E-state index is 10.9. The normalized spacial score (nSPS) is 11.9. The second kappa shape index (κ2) is 7.29. The minimum Gasteiger partial charge on any atom is -0.462 e. The third-order valence-corrected chi connectivity index (χ3v) is 1.35. The molecule has 0 radical (unpaired) electrons. The summed E-state index contributed by atoms with van der Waals surface area (Å²) < 4.78 is 9.61. The molecule has 4 nitrogen and oxygen atoms in total. The highest BCUT2D eigenvalue weighted by atomic mass is 16.6. The number of ether oxygens (including phenoxy) is 2. The van der Waals surface area contributed by atoms with E-state index in [0.717, 1.165) is 0 Å². The lowest BCUT2D eigenvalue weighted by Crippen LogP contribution is -2.16. The van der Waals surface area contributed by atoms with Gasteiger partial charge in [-0.25, -0.2) is 4.79 Å². The van der Waals surface area contributed by atoms with E-state index < -0.39 is 12.3 Å². The van der Waals surface area contributed by atoms with Crippen LogP contribution in [0.5, 0.6) is 0 Å². The van der Waals surface area contributed by atoms with Crippen LogP contribution in [0.2, 0.25) is 0 Å². The van der Waals surface area contributed by atoms with Crippen molar-refractivity contribution in [2.75, 3.05) is 13.2 Å². The van der Waals surface area contributed by atoms with Gasteiger partial charge in [-0.3, -0.25) is 0 Å². The zero-order chi connectivity index (χ0) is 11.0. The number of aliphatic hydroxyl groups is 1. The minimum atomic E-state index is -0.925. The molecule has 0 rings (SSSR count). The van der Waals surface area contributed by atoms with Crippen molar-refractivity contribution in [1.29, 1.82) is 0 Å². The molecule has 0 fully saturated rings. The van der Waals surface area contributed by atoms with Crippen LogP contribution in [0.15, 0.2) is 24.8 Å². The molecular weight excluding hydrogens is 184 g/mol. The molecule has 1 N–H and O–H groups in total. The molecule has 0 amide bonds. The Balaban J connectivity index is 3.48. The quantitative estimate of drug-likeness (QED) is 0.288. The SMILES string of the molecule is C=CCOC(O)CCOC(=O)C(=C)C. The molecule has 0 aliphatic rings. The van der Waals surface area contributed by atoms with E-state index in [4.69, 9.17) is 14.6 Å². The summed E-state index contributed by atoms with van der Waals surface area (Å²) in [6.07, 6.45) is 0.849. The Morgan fingerprint density at radius 2 is 2.29 bits per heavy atom. The molecule has 0 bridgehead atoms. The van der Waals surface area contributed by atoms with Crippen LogP contribution in [-0.4, -0.2) is 30.6 Å². The topological polar surface area (TPSA) is 55.8 Å². The Morgan fingerprint density at radius 1 is 1.64 bits per heavy atom. The van der Waals surface area contributed by atoms with Crippen LogP contribution in [-0.2, 0) is 14.3 Å². The third-order valence-electron chi connectivity index (χ3n) is 1.35. The van der Waals surface area contributed by atoms with Crippen LogP contribution in [0.4, 0.5) is 0 Å². The number of carbonyl (C=O) groups is 1. The van der Waals surface area contributed by atoms with Crippen LogP contribution in [0.25, 0.3) is 0 Å². The van der Waals surface area contributed by atoms with Crippen LogP contribution in [0, 0.1) is 0 Å². The van der Waals surface area contributed by atoms with Crippen LogP contribution < -0.4 is 0 Å². The van der Waals surface area contributed by atoms with E-state index in [1.54, 1.807) is 6.92 Å². The van der Waals surface area contributed by atoms with E-state index in [-0.39, 0.29) is 19.6 Å². The van der Waals surface area contributed by atoms with Gasteiger partial charge in [0, 0.05) is 12.0 Å². The highest BCUT2D eigenvalue weighted by molar-refractivity contribution is 5.86. The molecule has 80 valence electrons. The zero-order valence-electron chi connectivity index (χ0n) is 8.36. The fourth-order valence-electron chi connectivity index (χ4n) is 0.638. The number of carbonyl (C=O) groups excluding carboxylic acids is 1. The number of rotatable bonds is 7. The summed E-state index contributed by atoms with van der Waals surface area (Å²) in [5.41, 5.74) is 0.339. The number of aliphatic hydroxyl groups excluding tert-OH is 1. The molecule has 0 aromatic carbocycles. The summed E-state index contributed by atoms with van der Waals surface area (Å²) in [6.45, 7) is 8.80. The lowest BCUT2D eigenvalue weighted by molar-refractivity contribution is -0.143.